The average Bonchev–Trinajstić information content (AvgIpc) is 3.19. The summed E-state index contributed by atoms with van der Waals surface area (Å²) in [4.78, 5) is 14.3. The molecule has 2 aromatic heterocycles. The fourth-order valence-electron chi connectivity index (χ4n) is 2.74. The summed E-state index contributed by atoms with van der Waals surface area (Å²) in [7, 11) is 2.13. The van der Waals surface area contributed by atoms with Crippen LogP contribution >= 0.6 is 0 Å². The maximum Gasteiger partial charge on any atom is 0.320 e. The molecule has 1 aliphatic rings. The van der Waals surface area contributed by atoms with Gasteiger partial charge in [-0.1, -0.05) is 5.16 Å². The Morgan fingerprint density at radius 1 is 1.39 bits per heavy atom. The third kappa shape index (κ3) is 3.89. The smallest absolute Gasteiger partial charge is 0.320 e. The summed E-state index contributed by atoms with van der Waals surface area (Å²) in [6, 6.07) is 3.40. The fourth-order valence-corrected chi connectivity index (χ4v) is 2.74. The molecule has 8 heteroatoms. The third-order valence-electron chi connectivity index (χ3n) is 4.16. The second kappa shape index (κ2) is 6.82. The summed E-state index contributed by atoms with van der Waals surface area (Å²) in [6.07, 6.45) is 5.56. The molecule has 0 spiro atoms. The molecule has 2 aromatic rings. The van der Waals surface area contributed by atoms with Gasteiger partial charge in [-0.3, -0.25) is 10.00 Å². The molecule has 0 radical (unpaired) electrons. The largest absolute Gasteiger partial charge is 0.364 e. The summed E-state index contributed by atoms with van der Waals surface area (Å²) in [6.45, 7) is 3.99. The highest BCUT2D eigenvalue weighted by molar-refractivity contribution is 5.88. The molecule has 1 saturated heterocycles. The number of hydrogen-bond acceptors (Lipinski definition) is 5. The van der Waals surface area contributed by atoms with Crippen LogP contribution < -0.4 is 10.6 Å². The van der Waals surface area contributed by atoms with Gasteiger partial charge in [-0.15, -0.1) is 0 Å². The molecule has 0 aliphatic carbocycles. The Bertz CT molecular complexity index is 630. The number of amides is 2. The first-order valence-electron chi connectivity index (χ1n) is 7.83. The lowest BCUT2D eigenvalue weighted by molar-refractivity contribution is 0.212. The maximum atomic E-state index is 12.0. The van der Waals surface area contributed by atoms with Crippen LogP contribution in [0.1, 0.15) is 37.5 Å². The highest BCUT2D eigenvalue weighted by Gasteiger charge is 2.19. The van der Waals surface area contributed by atoms with Gasteiger partial charge in [-0.05, 0) is 39.9 Å². The van der Waals surface area contributed by atoms with E-state index in [4.69, 9.17) is 4.52 Å². The summed E-state index contributed by atoms with van der Waals surface area (Å²) in [5, 5.41) is 13.8. The Morgan fingerprint density at radius 3 is 2.87 bits per heavy atom. The molecule has 2 amide bonds. The molecule has 0 saturated carbocycles. The molecule has 3 heterocycles. The number of aromatic nitrogens is 3. The summed E-state index contributed by atoms with van der Waals surface area (Å²) in [5.41, 5.74) is 0.678. The molecule has 1 atom stereocenters. The number of urea groups is 1. The molecule has 3 rings (SSSR count). The summed E-state index contributed by atoms with van der Waals surface area (Å²) in [5.74, 6) is 0.550. The Balaban J connectivity index is 1.53. The van der Waals surface area contributed by atoms with Crippen molar-refractivity contribution in [3.63, 3.8) is 0 Å². The molecule has 8 nitrogen and oxygen atoms in total. The molecule has 2 N–H and O–H groups in total. The number of anilines is 1. The van der Waals surface area contributed by atoms with Crippen LogP contribution in [-0.4, -0.2) is 46.0 Å². The highest BCUT2D eigenvalue weighted by Crippen LogP contribution is 2.21. The standard InChI is InChI=1S/C15H22N6O2/c1-11(13-6-10-23-19-13)16-15(22)17-14-5-9-21(18-14)12-3-7-20(2)8-4-12/h5-6,9-12H,3-4,7-8H2,1-2H3,(H2,16,17,18,22). The summed E-state index contributed by atoms with van der Waals surface area (Å²) >= 11 is 0. The van der Waals surface area contributed by atoms with E-state index in [1.54, 1.807) is 6.07 Å². The Hall–Kier alpha value is -2.35. The molecule has 23 heavy (non-hydrogen) atoms. The molecule has 0 aromatic carbocycles. The number of rotatable bonds is 4. The predicted molar refractivity (Wildman–Crippen MR) is 85.1 cm³/mol. The van der Waals surface area contributed by atoms with E-state index in [1.807, 2.05) is 23.9 Å². The van der Waals surface area contributed by atoms with Gasteiger partial charge in [0.2, 0.25) is 0 Å². The van der Waals surface area contributed by atoms with Gasteiger partial charge in [0, 0.05) is 18.3 Å². The van der Waals surface area contributed by atoms with Crippen LogP contribution in [0.15, 0.2) is 29.1 Å². The number of carbonyl (C=O) groups is 1. The van der Waals surface area contributed by atoms with Gasteiger partial charge >= 0.3 is 6.03 Å². The van der Waals surface area contributed by atoms with Crippen LogP contribution in [0.25, 0.3) is 0 Å². The monoisotopic (exact) mass is 318 g/mol. The van der Waals surface area contributed by atoms with Gasteiger partial charge in [-0.25, -0.2) is 4.79 Å². The SMILES string of the molecule is CC(NC(=O)Nc1ccn(C2CCN(C)CC2)n1)c1ccon1. The van der Waals surface area contributed by atoms with E-state index in [0.29, 0.717) is 17.6 Å². The van der Waals surface area contributed by atoms with Gasteiger partial charge in [-0.2, -0.15) is 5.10 Å². The zero-order valence-electron chi connectivity index (χ0n) is 13.4. The normalized spacial score (nSPS) is 17.8. The van der Waals surface area contributed by atoms with Crippen LogP contribution in [0.5, 0.6) is 0 Å². The van der Waals surface area contributed by atoms with E-state index in [0.717, 1.165) is 25.9 Å². The van der Waals surface area contributed by atoms with Gasteiger partial charge < -0.3 is 14.7 Å². The maximum absolute atomic E-state index is 12.0. The van der Waals surface area contributed by atoms with Gasteiger partial charge in [0.1, 0.15) is 12.0 Å². The van der Waals surface area contributed by atoms with E-state index in [-0.39, 0.29) is 12.1 Å². The minimum absolute atomic E-state index is 0.232. The molecule has 0 bridgehead atoms. The van der Waals surface area contributed by atoms with Crippen molar-refractivity contribution in [1.82, 2.24) is 25.2 Å². The first-order valence-corrected chi connectivity index (χ1v) is 7.83. The zero-order chi connectivity index (χ0) is 16.2. The Kier molecular flexibility index (Phi) is 4.61. The Morgan fingerprint density at radius 2 is 2.17 bits per heavy atom. The van der Waals surface area contributed by atoms with E-state index in [9.17, 15) is 4.79 Å². The van der Waals surface area contributed by atoms with Gasteiger partial charge in [0.15, 0.2) is 5.82 Å². The number of hydrogen-bond donors (Lipinski definition) is 2. The predicted octanol–water partition coefficient (Wildman–Crippen LogP) is 2.02. The molecule has 1 aliphatic heterocycles. The van der Waals surface area contributed by atoms with Crippen LogP contribution in [0.3, 0.4) is 0 Å². The minimum Gasteiger partial charge on any atom is -0.364 e. The molecular weight excluding hydrogens is 296 g/mol. The summed E-state index contributed by atoms with van der Waals surface area (Å²) < 4.78 is 6.72. The number of piperidine rings is 1. The van der Waals surface area contributed by atoms with E-state index < -0.39 is 0 Å². The lowest BCUT2D eigenvalue weighted by atomic mass is 10.1. The number of carbonyl (C=O) groups excluding carboxylic acids is 1. The van der Waals surface area contributed by atoms with Crippen molar-refractivity contribution in [3.8, 4) is 0 Å². The van der Waals surface area contributed by atoms with E-state index >= 15 is 0 Å². The Labute approximate surface area is 134 Å². The van der Waals surface area contributed by atoms with E-state index in [2.05, 4.69) is 32.8 Å². The van der Waals surface area contributed by atoms with Crippen molar-refractivity contribution in [3.05, 3.63) is 30.3 Å². The number of nitrogens with one attached hydrogen (secondary N) is 2. The molecular formula is C15H22N6O2. The molecule has 1 unspecified atom stereocenters. The van der Waals surface area contributed by atoms with Crippen molar-refractivity contribution in [1.29, 1.82) is 0 Å². The first kappa shape index (κ1) is 15.5. The van der Waals surface area contributed by atoms with Crippen molar-refractivity contribution in [2.75, 3.05) is 25.5 Å². The highest BCUT2D eigenvalue weighted by atomic mass is 16.5. The van der Waals surface area contributed by atoms with Crippen molar-refractivity contribution >= 4 is 11.8 Å². The number of likely N-dealkylation sites (tertiary alicyclic amines) is 1. The molecule has 1 fully saturated rings. The lowest BCUT2D eigenvalue weighted by Gasteiger charge is -2.28. The van der Waals surface area contributed by atoms with Crippen LogP contribution in [0, 0.1) is 0 Å². The minimum atomic E-state index is -0.311. The topological polar surface area (TPSA) is 88.2 Å². The van der Waals surface area contributed by atoms with Crippen molar-refractivity contribution < 1.29 is 9.32 Å². The second-order valence-corrected chi connectivity index (χ2v) is 5.96. The van der Waals surface area contributed by atoms with Crippen LogP contribution in [-0.2, 0) is 0 Å². The van der Waals surface area contributed by atoms with Gasteiger partial charge in [0.25, 0.3) is 0 Å². The average molecular weight is 318 g/mol. The number of nitrogens with zero attached hydrogens (tertiary/aromatic N) is 4. The van der Waals surface area contributed by atoms with Crippen molar-refractivity contribution in [2.45, 2.75) is 31.8 Å². The first-order chi connectivity index (χ1) is 11.1. The lowest BCUT2D eigenvalue weighted by Crippen LogP contribution is -2.32. The second-order valence-electron chi connectivity index (χ2n) is 5.96. The fraction of sp³-hybridized carbons (Fsp3) is 0.533. The van der Waals surface area contributed by atoms with Crippen LogP contribution in [0.4, 0.5) is 10.6 Å². The van der Waals surface area contributed by atoms with E-state index in [1.165, 1.54) is 6.26 Å². The molecule has 124 valence electrons. The van der Waals surface area contributed by atoms with Crippen LogP contribution in [0.2, 0.25) is 0 Å². The van der Waals surface area contributed by atoms with Crippen molar-refractivity contribution in [2.24, 2.45) is 0 Å². The zero-order valence-corrected chi connectivity index (χ0v) is 13.4. The quantitative estimate of drug-likeness (QED) is 0.900. The van der Waals surface area contributed by atoms with Gasteiger partial charge in [0.05, 0.1) is 12.1 Å². The third-order valence-corrected chi connectivity index (χ3v) is 4.16.